The first-order chi connectivity index (χ1) is 10.2. The molecule has 0 spiro atoms. The van der Waals surface area contributed by atoms with Crippen LogP contribution < -0.4 is 10.2 Å². The number of hydrogen-bond donors (Lipinski definition) is 1. The minimum atomic E-state index is 0.678. The van der Waals surface area contributed by atoms with E-state index in [0.29, 0.717) is 10.5 Å². The lowest BCUT2D eigenvalue weighted by Gasteiger charge is -2.35. The molecule has 2 aliphatic rings. The highest BCUT2D eigenvalue weighted by atomic mass is 32.2. The second-order valence-corrected chi connectivity index (χ2v) is 9.01. The van der Waals surface area contributed by atoms with Crippen molar-refractivity contribution in [3.05, 3.63) is 17.3 Å². The van der Waals surface area contributed by atoms with Crippen molar-refractivity contribution in [2.75, 3.05) is 18.0 Å². The van der Waals surface area contributed by atoms with E-state index in [4.69, 9.17) is 4.98 Å². The van der Waals surface area contributed by atoms with Gasteiger partial charge < -0.3 is 10.2 Å². The molecule has 0 bridgehead atoms. The summed E-state index contributed by atoms with van der Waals surface area (Å²) in [6.45, 7) is 7.80. The van der Waals surface area contributed by atoms with E-state index in [2.05, 4.69) is 51.8 Å². The molecule has 0 amide bonds. The number of thiazole rings is 1. The lowest BCUT2D eigenvalue weighted by atomic mass is 10.3. The van der Waals surface area contributed by atoms with Crippen LogP contribution in [0.2, 0.25) is 0 Å². The molecule has 3 heterocycles. The molecule has 0 aromatic carbocycles. The highest BCUT2D eigenvalue weighted by Crippen LogP contribution is 2.32. The number of aromatic nitrogens is 2. The zero-order chi connectivity index (χ0) is 14.4. The Morgan fingerprint density at radius 1 is 1.29 bits per heavy atom. The van der Waals surface area contributed by atoms with E-state index < -0.39 is 0 Å². The standard InChI is InChI=1S/C15H22N4S2/c1-10-8-18(9-11(2)21-10)14-13(7-16-12-3-4-12)19-5-6-20-15(19)17-14/h5-6,10-12,16H,3-4,7-9H2,1-2H3. The fourth-order valence-electron chi connectivity index (χ4n) is 3.12. The molecule has 114 valence electrons. The van der Waals surface area contributed by atoms with Gasteiger partial charge in [0.2, 0.25) is 0 Å². The lowest BCUT2D eigenvalue weighted by molar-refractivity contribution is 0.659. The summed E-state index contributed by atoms with van der Waals surface area (Å²) in [5.74, 6) is 1.20. The zero-order valence-electron chi connectivity index (χ0n) is 12.6. The number of fused-ring (bicyclic) bond motifs is 1. The van der Waals surface area contributed by atoms with Crippen LogP contribution >= 0.6 is 23.1 Å². The molecule has 6 heteroatoms. The fraction of sp³-hybridized carbons (Fsp3) is 0.667. The second kappa shape index (κ2) is 5.48. The van der Waals surface area contributed by atoms with Crippen LogP contribution in [0.15, 0.2) is 11.6 Å². The molecule has 0 radical (unpaired) electrons. The molecule has 2 atom stereocenters. The number of thioether (sulfide) groups is 1. The van der Waals surface area contributed by atoms with Gasteiger partial charge in [0.25, 0.3) is 0 Å². The van der Waals surface area contributed by atoms with Crippen LogP contribution in [-0.2, 0) is 6.54 Å². The second-order valence-electron chi connectivity index (χ2n) is 6.26. The molecular weight excluding hydrogens is 300 g/mol. The smallest absolute Gasteiger partial charge is 0.195 e. The Balaban J connectivity index is 1.65. The summed E-state index contributed by atoms with van der Waals surface area (Å²) in [4.78, 5) is 8.54. The maximum Gasteiger partial charge on any atom is 0.195 e. The minimum Gasteiger partial charge on any atom is -0.353 e. The molecule has 1 saturated heterocycles. The molecule has 1 aliphatic carbocycles. The normalized spacial score (nSPS) is 26.7. The maximum atomic E-state index is 4.92. The average molecular weight is 323 g/mol. The van der Waals surface area contributed by atoms with Gasteiger partial charge in [-0.25, -0.2) is 4.98 Å². The fourth-order valence-corrected chi connectivity index (χ4v) is 5.17. The van der Waals surface area contributed by atoms with Crippen molar-refractivity contribution in [1.29, 1.82) is 0 Å². The SMILES string of the molecule is CC1CN(c2nc3sccn3c2CNC2CC2)CC(C)S1. The van der Waals surface area contributed by atoms with Gasteiger partial charge in [-0.1, -0.05) is 13.8 Å². The molecule has 4 rings (SSSR count). The number of rotatable bonds is 4. The summed E-state index contributed by atoms with van der Waals surface area (Å²) in [5.41, 5.74) is 1.34. The number of nitrogens with one attached hydrogen (secondary N) is 1. The van der Waals surface area contributed by atoms with Gasteiger partial charge in [0.1, 0.15) is 0 Å². The largest absolute Gasteiger partial charge is 0.353 e. The van der Waals surface area contributed by atoms with Gasteiger partial charge >= 0.3 is 0 Å². The van der Waals surface area contributed by atoms with Crippen molar-refractivity contribution < 1.29 is 0 Å². The van der Waals surface area contributed by atoms with Gasteiger partial charge in [0.15, 0.2) is 10.8 Å². The molecule has 1 saturated carbocycles. The van der Waals surface area contributed by atoms with Crippen molar-refractivity contribution >= 4 is 33.9 Å². The summed E-state index contributed by atoms with van der Waals surface area (Å²) in [5, 5.41) is 7.14. The van der Waals surface area contributed by atoms with Gasteiger partial charge in [-0.05, 0) is 12.8 Å². The van der Waals surface area contributed by atoms with Gasteiger partial charge in [-0.15, -0.1) is 11.3 Å². The first-order valence-electron chi connectivity index (χ1n) is 7.79. The molecule has 2 fully saturated rings. The first kappa shape index (κ1) is 13.9. The lowest BCUT2D eigenvalue weighted by Crippen LogP contribution is -2.41. The quantitative estimate of drug-likeness (QED) is 0.938. The van der Waals surface area contributed by atoms with Crippen molar-refractivity contribution in [2.24, 2.45) is 0 Å². The van der Waals surface area contributed by atoms with Crippen LogP contribution in [0, 0.1) is 0 Å². The molecule has 21 heavy (non-hydrogen) atoms. The van der Waals surface area contributed by atoms with E-state index in [0.717, 1.165) is 30.6 Å². The monoisotopic (exact) mass is 322 g/mol. The molecule has 4 nitrogen and oxygen atoms in total. The number of nitrogens with zero attached hydrogens (tertiary/aromatic N) is 3. The van der Waals surface area contributed by atoms with E-state index >= 15 is 0 Å². The first-order valence-corrected chi connectivity index (χ1v) is 9.61. The van der Waals surface area contributed by atoms with Crippen LogP contribution in [0.4, 0.5) is 5.82 Å². The van der Waals surface area contributed by atoms with E-state index in [9.17, 15) is 0 Å². The number of imidazole rings is 1. The van der Waals surface area contributed by atoms with Crippen LogP contribution in [0.1, 0.15) is 32.4 Å². The highest BCUT2D eigenvalue weighted by molar-refractivity contribution is 8.00. The van der Waals surface area contributed by atoms with E-state index in [-0.39, 0.29) is 0 Å². The summed E-state index contributed by atoms with van der Waals surface area (Å²) in [7, 11) is 0. The molecule has 2 unspecified atom stereocenters. The summed E-state index contributed by atoms with van der Waals surface area (Å²) >= 11 is 3.82. The third kappa shape index (κ3) is 2.81. The topological polar surface area (TPSA) is 32.6 Å². The Hall–Kier alpha value is -0.720. The Labute approximate surface area is 133 Å². The third-order valence-electron chi connectivity index (χ3n) is 4.19. The minimum absolute atomic E-state index is 0.678. The van der Waals surface area contributed by atoms with E-state index in [1.165, 1.54) is 24.4 Å². The van der Waals surface area contributed by atoms with Crippen molar-refractivity contribution in [1.82, 2.24) is 14.7 Å². The van der Waals surface area contributed by atoms with Gasteiger partial charge in [-0.3, -0.25) is 4.40 Å². The van der Waals surface area contributed by atoms with Crippen molar-refractivity contribution in [3.8, 4) is 0 Å². The van der Waals surface area contributed by atoms with E-state index in [1.54, 1.807) is 11.3 Å². The van der Waals surface area contributed by atoms with Crippen LogP contribution in [-0.4, -0.2) is 39.0 Å². The van der Waals surface area contributed by atoms with Crippen molar-refractivity contribution in [2.45, 2.75) is 49.8 Å². The van der Waals surface area contributed by atoms with Gasteiger partial charge in [0, 0.05) is 47.8 Å². The third-order valence-corrected chi connectivity index (χ3v) is 6.18. The summed E-state index contributed by atoms with van der Waals surface area (Å²) in [6.07, 6.45) is 4.82. The Kier molecular flexibility index (Phi) is 3.63. The zero-order valence-corrected chi connectivity index (χ0v) is 14.2. The molecule has 1 N–H and O–H groups in total. The molecular formula is C15H22N4S2. The Bertz CT molecular complexity index is 621. The van der Waals surface area contributed by atoms with Gasteiger partial charge in [0.05, 0.1) is 5.69 Å². The molecule has 2 aromatic rings. The molecule has 1 aliphatic heterocycles. The Morgan fingerprint density at radius 3 is 2.76 bits per heavy atom. The predicted molar refractivity (Wildman–Crippen MR) is 91.7 cm³/mol. The average Bonchev–Trinajstić information content (AvgIpc) is 3.03. The highest BCUT2D eigenvalue weighted by Gasteiger charge is 2.28. The number of hydrogen-bond acceptors (Lipinski definition) is 5. The van der Waals surface area contributed by atoms with Gasteiger partial charge in [-0.2, -0.15) is 11.8 Å². The van der Waals surface area contributed by atoms with Crippen LogP contribution in [0.25, 0.3) is 4.96 Å². The Morgan fingerprint density at radius 2 is 2.05 bits per heavy atom. The number of anilines is 1. The maximum absolute atomic E-state index is 4.92. The summed E-state index contributed by atoms with van der Waals surface area (Å²) in [6, 6.07) is 0.733. The van der Waals surface area contributed by atoms with E-state index in [1.807, 2.05) is 0 Å². The summed E-state index contributed by atoms with van der Waals surface area (Å²) < 4.78 is 2.27. The molecule has 2 aromatic heterocycles. The van der Waals surface area contributed by atoms with Crippen LogP contribution in [0.3, 0.4) is 0 Å². The van der Waals surface area contributed by atoms with Crippen LogP contribution in [0.5, 0.6) is 0 Å². The predicted octanol–water partition coefficient (Wildman–Crippen LogP) is 2.98. The van der Waals surface area contributed by atoms with Crippen molar-refractivity contribution in [3.63, 3.8) is 0 Å².